The van der Waals surface area contributed by atoms with Crippen molar-refractivity contribution in [1.29, 1.82) is 0 Å². The van der Waals surface area contributed by atoms with Crippen molar-refractivity contribution in [1.82, 2.24) is 0 Å². The summed E-state index contributed by atoms with van der Waals surface area (Å²) in [6.07, 6.45) is 10.5. The maximum absolute atomic E-state index is 6.05. The van der Waals surface area contributed by atoms with Gasteiger partial charge in [-0.2, -0.15) is 0 Å². The van der Waals surface area contributed by atoms with E-state index in [9.17, 15) is 0 Å². The third-order valence-corrected chi connectivity index (χ3v) is 4.62. The maximum atomic E-state index is 6.05. The van der Waals surface area contributed by atoms with E-state index >= 15 is 0 Å². The number of methoxy groups -OCH3 is 1. The van der Waals surface area contributed by atoms with E-state index in [1.54, 1.807) is 7.11 Å². The maximum Gasteiger partial charge on any atom is 0.119 e. The molecule has 1 aromatic rings. The molecule has 0 amide bonds. The molecule has 0 saturated heterocycles. The Morgan fingerprint density at radius 1 is 1.28 bits per heavy atom. The minimum Gasteiger partial charge on any atom is -0.497 e. The molecule has 1 spiro atoms. The van der Waals surface area contributed by atoms with Crippen LogP contribution < -0.4 is 10.5 Å². The number of benzene rings is 1. The van der Waals surface area contributed by atoms with Crippen LogP contribution in [0.1, 0.15) is 43.2 Å². The van der Waals surface area contributed by atoms with Crippen molar-refractivity contribution in [3.63, 3.8) is 0 Å². The summed E-state index contributed by atoms with van der Waals surface area (Å²) < 4.78 is 5.32. The second kappa shape index (κ2) is 4.43. The number of nitrogens with two attached hydrogens (primary N) is 1. The quantitative estimate of drug-likeness (QED) is 0.821. The number of hydrogen-bond acceptors (Lipinski definition) is 2. The molecule has 3 rings (SSSR count). The molecule has 1 aromatic carbocycles. The van der Waals surface area contributed by atoms with Gasteiger partial charge in [-0.05, 0) is 60.8 Å². The summed E-state index contributed by atoms with van der Waals surface area (Å²) >= 11 is 0. The second-order valence-electron chi connectivity index (χ2n) is 5.68. The molecular weight excluding hydrogens is 222 g/mol. The number of allylic oxidation sites excluding steroid dienone is 1. The molecule has 0 bridgehead atoms. The molecule has 0 atom stereocenters. The summed E-state index contributed by atoms with van der Waals surface area (Å²) in [4.78, 5) is 0. The molecule has 0 unspecified atom stereocenters. The molecule has 1 saturated carbocycles. The average Bonchev–Trinajstić information content (AvgIpc) is 2.42. The third kappa shape index (κ3) is 1.85. The van der Waals surface area contributed by atoms with E-state index in [1.165, 1.54) is 30.4 Å². The molecule has 0 heterocycles. The van der Waals surface area contributed by atoms with Crippen LogP contribution in [0.4, 0.5) is 0 Å². The van der Waals surface area contributed by atoms with Gasteiger partial charge in [0.1, 0.15) is 5.75 Å². The van der Waals surface area contributed by atoms with Crippen molar-refractivity contribution in [3.05, 3.63) is 35.4 Å². The summed E-state index contributed by atoms with van der Waals surface area (Å²) in [6.45, 7) is 0. The zero-order valence-corrected chi connectivity index (χ0v) is 11.0. The van der Waals surface area contributed by atoms with E-state index in [0.717, 1.165) is 18.6 Å². The van der Waals surface area contributed by atoms with Crippen molar-refractivity contribution < 1.29 is 4.74 Å². The smallest absolute Gasteiger partial charge is 0.119 e. The lowest BCUT2D eigenvalue weighted by Gasteiger charge is -2.42. The van der Waals surface area contributed by atoms with Crippen LogP contribution in [-0.4, -0.2) is 13.2 Å². The zero-order chi connectivity index (χ0) is 12.6. The largest absolute Gasteiger partial charge is 0.497 e. The van der Waals surface area contributed by atoms with Crippen LogP contribution in [0.3, 0.4) is 0 Å². The van der Waals surface area contributed by atoms with Crippen molar-refractivity contribution in [2.24, 2.45) is 5.73 Å². The minimum absolute atomic E-state index is 0.340. The molecular formula is C16H21NO. The lowest BCUT2D eigenvalue weighted by molar-refractivity contribution is 0.269. The Hall–Kier alpha value is -1.28. The van der Waals surface area contributed by atoms with Gasteiger partial charge < -0.3 is 10.5 Å². The molecule has 2 aliphatic rings. The number of fused-ring (bicyclic) bond motifs is 2. The predicted molar refractivity (Wildman–Crippen MR) is 74.8 cm³/mol. The molecule has 18 heavy (non-hydrogen) atoms. The van der Waals surface area contributed by atoms with Crippen LogP contribution in [0, 0.1) is 0 Å². The number of hydrogen-bond donors (Lipinski definition) is 1. The first-order chi connectivity index (χ1) is 8.73. The summed E-state index contributed by atoms with van der Waals surface area (Å²) in [6, 6.07) is 6.91. The van der Waals surface area contributed by atoms with Crippen molar-refractivity contribution in [3.8, 4) is 5.75 Å². The molecule has 0 aliphatic heterocycles. The van der Waals surface area contributed by atoms with Crippen LogP contribution in [0.15, 0.2) is 24.3 Å². The predicted octanol–water partition coefficient (Wildman–Crippen LogP) is 3.25. The molecule has 2 N–H and O–H groups in total. The highest BCUT2D eigenvalue weighted by atomic mass is 16.5. The van der Waals surface area contributed by atoms with Crippen molar-refractivity contribution in [2.45, 2.75) is 43.6 Å². The minimum atomic E-state index is 0.340. The lowest BCUT2D eigenvalue weighted by Crippen LogP contribution is -2.37. The SMILES string of the molecule is COc1ccc2c(c1)C=CCC21CCC(N)CC1. The van der Waals surface area contributed by atoms with Gasteiger partial charge in [-0.15, -0.1) is 0 Å². The lowest BCUT2D eigenvalue weighted by atomic mass is 9.63. The van der Waals surface area contributed by atoms with Crippen LogP contribution in [0.5, 0.6) is 5.75 Å². The van der Waals surface area contributed by atoms with E-state index in [4.69, 9.17) is 10.5 Å². The van der Waals surface area contributed by atoms with Gasteiger partial charge in [0, 0.05) is 6.04 Å². The van der Waals surface area contributed by atoms with Gasteiger partial charge >= 0.3 is 0 Å². The molecule has 2 heteroatoms. The van der Waals surface area contributed by atoms with Crippen LogP contribution in [0.2, 0.25) is 0 Å². The van der Waals surface area contributed by atoms with Gasteiger partial charge in [-0.25, -0.2) is 0 Å². The van der Waals surface area contributed by atoms with Gasteiger partial charge in [-0.3, -0.25) is 0 Å². The highest BCUT2D eigenvalue weighted by Gasteiger charge is 2.37. The Morgan fingerprint density at radius 2 is 2.06 bits per heavy atom. The zero-order valence-electron chi connectivity index (χ0n) is 11.0. The Kier molecular flexibility index (Phi) is 2.90. The first-order valence-electron chi connectivity index (χ1n) is 6.84. The monoisotopic (exact) mass is 243 g/mol. The normalized spacial score (nSPS) is 30.2. The van der Waals surface area contributed by atoms with Gasteiger partial charge in [-0.1, -0.05) is 18.2 Å². The van der Waals surface area contributed by atoms with E-state index in [2.05, 4.69) is 30.4 Å². The molecule has 2 nitrogen and oxygen atoms in total. The van der Waals surface area contributed by atoms with Crippen LogP contribution >= 0.6 is 0 Å². The number of rotatable bonds is 1. The highest BCUT2D eigenvalue weighted by molar-refractivity contribution is 5.61. The fraction of sp³-hybridized carbons (Fsp3) is 0.500. The third-order valence-electron chi connectivity index (χ3n) is 4.62. The first-order valence-corrected chi connectivity index (χ1v) is 6.84. The highest BCUT2D eigenvalue weighted by Crippen LogP contribution is 2.46. The molecule has 96 valence electrons. The number of ether oxygens (including phenoxy) is 1. The summed E-state index contributed by atoms with van der Waals surface area (Å²) in [5.74, 6) is 0.947. The van der Waals surface area contributed by atoms with Crippen molar-refractivity contribution in [2.75, 3.05) is 7.11 Å². The average molecular weight is 243 g/mol. The van der Waals surface area contributed by atoms with Crippen LogP contribution in [-0.2, 0) is 5.41 Å². The second-order valence-corrected chi connectivity index (χ2v) is 5.68. The van der Waals surface area contributed by atoms with Gasteiger partial charge in [0.05, 0.1) is 7.11 Å². The summed E-state index contributed by atoms with van der Waals surface area (Å²) in [5.41, 5.74) is 9.22. The summed E-state index contributed by atoms with van der Waals surface area (Å²) in [7, 11) is 1.73. The summed E-state index contributed by atoms with van der Waals surface area (Å²) in [5, 5.41) is 0. The first kappa shape index (κ1) is 11.8. The Balaban J connectivity index is 1.99. The Labute approximate surface area is 109 Å². The van der Waals surface area contributed by atoms with Crippen molar-refractivity contribution >= 4 is 6.08 Å². The van der Waals surface area contributed by atoms with Gasteiger partial charge in [0.25, 0.3) is 0 Å². The topological polar surface area (TPSA) is 35.2 Å². The molecule has 1 fully saturated rings. The Bertz CT molecular complexity index is 470. The Morgan fingerprint density at radius 3 is 2.78 bits per heavy atom. The molecule has 2 aliphatic carbocycles. The fourth-order valence-corrected chi connectivity index (χ4v) is 3.48. The molecule has 0 aromatic heterocycles. The van der Waals surface area contributed by atoms with E-state index in [0.29, 0.717) is 11.5 Å². The molecule has 0 radical (unpaired) electrons. The fourth-order valence-electron chi connectivity index (χ4n) is 3.48. The van der Waals surface area contributed by atoms with Crippen LogP contribution in [0.25, 0.3) is 6.08 Å². The standard InChI is InChI=1S/C16H21NO/c1-18-14-4-5-15-12(11-14)3-2-8-16(15)9-6-13(17)7-10-16/h2-5,11,13H,6-10,17H2,1H3. The van der Waals surface area contributed by atoms with E-state index < -0.39 is 0 Å². The van der Waals surface area contributed by atoms with E-state index in [1.807, 2.05) is 0 Å². The van der Waals surface area contributed by atoms with E-state index in [-0.39, 0.29) is 0 Å². The van der Waals surface area contributed by atoms with Gasteiger partial charge in [0.15, 0.2) is 0 Å². The van der Waals surface area contributed by atoms with Gasteiger partial charge in [0.2, 0.25) is 0 Å².